The van der Waals surface area contributed by atoms with Gasteiger partial charge in [0.15, 0.2) is 0 Å². The molecule has 0 spiro atoms. The zero-order valence-corrected chi connectivity index (χ0v) is 23.3. The summed E-state index contributed by atoms with van der Waals surface area (Å²) >= 11 is 11.9. The first-order chi connectivity index (χ1) is 17.1. The van der Waals surface area contributed by atoms with Crippen molar-refractivity contribution in [3.8, 4) is 0 Å². The van der Waals surface area contributed by atoms with Crippen LogP contribution in [0.4, 0.5) is 0 Å². The molecule has 7 nitrogen and oxygen atoms in total. The minimum absolute atomic E-state index is 0.0202. The van der Waals surface area contributed by atoms with E-state index in [9.17, 15) is 13.2 Å². The van der Waals surface area contributed by atoms with Crippen molar-refractivity contribution in [2.45, 2.75) is 42.7 Å². The molecule has 1 fully saturated rings. The molecule has 1 amide bonds. The molecule has 36 heavy (non-hydrogen) atoms. The van der Waals surface area contributed by atoms with Gasteiger partial charge in [0.25, 0.3) is 0 Å². The SMILES string of the molecule is CN(C)C(c1ccccc1)C1CCC(NC(=O)COCCN(C)S(=O)(=O)c2ccc(Cl)cc2Cl)CC1. The Bertz CT molecular complexity index is 1110. The third-order valence-corrected chi connectivity index (χ3v) is 9.22. The van der Waals surface area contributed by atoms with Crippen molar-refractivity contribution in [3.05, 3.63) is 64.1 Å². The molecule has 0 aliphatic heterocycles. The number of sulfonamides is 1. The molecule has 10 heteroatoms. The Morgan fingerprint density at radius 3 is 2.33 bits per heavy atom. The number of likely N-dealkylation sites (N-methyl/N-ethyl adjacent to an activating group) is 1. The summed E-state index contributed by atoms with van der Waals surface area (Å²) in [6.07, 6.45) is 3.94. The largest absolute Gasteiger partial charge is 0.370 e. The maximum atomic E-state index is 12.7. The summed E-state index contributed by atoms with van der Waals surface area (Å²) in [4.78, 5) is 14.7. The normalized spacial score (nSPS) is 19.4. The van der Waals surface area contributed by atoms with Gasteiger partial charge in [-0.1, -0.05) is 53.5 Å². The number of benzene rings is 2. The molecule has 1 N–H and O–H groups in total. The lowest BCUT2D eigenvalue weighted by Crippen LogP contribution is -2.41. The van der Waals surface area contributed by atoms with Gasteiger partial charge >= 0.3 is 0 Å². The molecule has 3 rings (SSSR count). The summed E-state index contributed by atoms with van der Waals surface area (Å²) in [5.74, 6) is 0.357. The quantitative estimate of drug-likeness (QED) is 0.409. The van der Waals surface area contributed by atoms with Crippen molar-refractivity contribution in [1.29, 1.82) is 0 Å². The van der Waals surface area contributed by atoms with E-state index in [-0.39, 0.29) is 41.6 Å². The summed E-state index contributed by atoms with van der Waals surface area (Å²) in [5.41, 5.74) is 1.33. The molecule has 2 aromatic rings. The van der Waals surface area contributed by atoms with Crippen molar-refractivity contribution >= 4 is 39.1 Å². The van der Waals surface area contributed by atoms with Gasteiger partial charge in [-0.05, 0) is 69.5 Å². The van der Waals surface area contributed by atoms with Gasteiger partial charge in [0, 0.05) is 30.7 Å². The van der Waals surface area contributed by atoms with E-state index in [1.54, 1.807) is 0 Å². The number of hydrogen-bond acceptors (Lipinski definition) is 5. The van der Waals surface area contributed by atoms with E-state index in [2.05, 4.69) is 48.6 Å². The van der Waals surface area contributed by atoms with Crippen LogP contribution >= 0.6 is 23.2 Å². The standard InChI is InChI=1S/C26H35Cl2N3O4S/c1-30(2)26(19-7-5-4-6-8-19)20-9-12-22(13-10-20)29-25(32)18-35-16-15-31(3)36(33,34)24-14-11-21(27)17-23(24)28/h4-8,11,14,17,20,22,26H,9-10,12-13,15-16,18H2,1-3H3,(H,29,32). The number of amides is 1. The Labute approximate surface area is 224 Å². The van der Waals surface area contributed by atoms with E-state index < -0.39 is 10.0 Å². The van der Waals surface area contributed by atoms with Crippen LogP contribution in [0.3, 0.4) is 0 Å². The molecule has 1 aliphatic carbocycles. The molecule has 2 aromatic carbocycles. The average Bonchev–Trinajstić information content (AvgIpc) is 2.83. The average molecular weight is 557 g/mol. The molecule has 1 atom stereocenters. The van der Waals surface area contributed by atoms with Crippen LogP contribution in [0.15, 0.2) is 53.4 Å². The minimum Gasteiger partial charge on any atom is -0.370 e. The van der Waals surface area contributed by atoms with E-state index in [4.69, 9.17) is 27.9 Å². The summed E-state index contributed by atoms with van der Waals surface area (Å²) in [5, 5.41) is 3.48. The number of nitrogens with one attached hydrogen (secondary N) is 1. The fourth-order valence-electron chi connectivity index (χ4n) is 4.82. The second kappa shape index (κ2) is 13.2. The topological polar surface area (TPSA) is 79.0 Å². The van der Waals surface area contributed by atoms with Gasteiger partial charge in [0.1, 0.15) is 11.5 Å². The maximum absolute atomic E-state index is 12.7. The summed E-state index contributed by atoms with van der Waals surface area (Å²) in [6, 6.07) is 15.3. The summed E-state index contributed by atoms with van der Waals surface area (Å²) in [7, 11) is 1.89. The lowest BCUT2D eigenvalue weighted by molar-refractivity contribution is -0.126. The molecule has 1 unspecified atom stereocenters. The predicted octanol–water partition coefficient (Wildman–Crippen LogP) is 4.61. The molecule has 1 saturated carbocycles. The highest BCUT2D eigenvalue weighted by atomic mass is 35.5. The van der Waals surface area contributed by atoms with Crippen LogP contribution in [-0.4, -0.2) is 70.5 Å². The highest BCUT2D eigenvalue weighted by Crippen LogP contribution is 2.37. The molecular formula is C26H35Cl2N3O4S. The molecule has 0 heterocycles. The fraction of sp³-hybridized carbons (Fsp3) is 0.500. The zero-order chi connectivity index (χ0) is 26.3. The third kappa shape index (κ3) is 7.66. The van der Waals surface area contributed by atoms with Gasteiger partial charge in [-0.3, -0.25) is 4.79 Å². The lowest BCUT2D eigenvalue weighted by Gasteiger charge is -2.37. The highest BCUT2D eigenvalue weighted by Gasteiger charge is 2.30. The van der Waals surface area contributed by atoms with E-state index in [0.717, 1.165) is 30.0 Å². The van der Waals surface area contributed by atoms with Crippen molar-refractivity contribution in [2.24, 2.45) is 5.92 Å². The van der Waals surface area contributed by atoms with E-state index >= 15 is 0 Å². The second-order valence-electron chi connectivity index (χ2n) is 9.45. The Kier molecular flexibility index (Phi) is 10.6. The van der Waals surface area contributed by atoms with Crippen molar-refractivity contribution in [1.82, 2.24) is 14.5 Å². The van der Waals surface area contributed by atoms with Gasteiger partial charge in [-0.2, -0.15) is 4.31 Å². The zero-order valence-electron chi connectivity index (χ0n) is 21.0. The monoisotopic (exact) mass is 555 g/mol. The molecule has 0 aromatic heterocycles. The molecule has 0 radical (unpaired) electrons. The number of halogens is 2. The van der Waals surface area contributed by atoms with Crippen LogP contribution in [0.25, 0.3) is 0 Å². The summed E-state index contributed by atoms with van der Waals surface area (Å²) in [6.45, 7) is 0.0631. The Morgan fingerprint density at radius 1 is 1.06 bits per heavy atom. The number of ether oxygens (including phenoxy) is 1. The number of carbonyl (C=O) groups excluding carboxylic acids is 1. The number of carbonyl (C=O) groups is 1. The summed E-state index contributed by atoms with van der Waals surface area (Å²) < 4.78 is 32.1. The van der Waals surface area contributed by atoms with Gasteiger partial charge in [0.05, 0.1) is 11.6 Å². The first-order valence-corrected chi connectivity index (χ1v) is 14.3. The number of nitrogens with zero attached hydrogens (tertiary/aromatic N) is 2. The van der Waals surface area contributed by atoms with Crippen LogP contribution < -0.4 is 5.32 Å². The molecule has 198 valence electrons. The van der Waals surface area contributed by atoms with Crippen molar-refractivity contribution in [2.75, 3.05) is 40.9 Å². The smallest absolute Gasteiger partial charge is 0.246 e. The van der Waals surface area contributed by atoms with Crippen LogP contribution in [-0.2, 0) is 19.6 Å². The first-order valence-electron chi connectivity index (χ1n) is 12.1. The van der Waals surface area contributed by atoms with Crippen molar-refractivity contribution < 1.29 is 17.9 Å². The minimum atomic E-state index is -3.79. The molecular weight excluding hydrogens is 521 g/mol. The van der Waals surface area contributed by atoms with Crippen LogP contribution in [0, 0.1) is 5.92 Å². The maximum Gasteiger partial charge on any atom is 0.246 e. The third-order valence-electron chi connectivity index (χ3n) is 6.65. The number of hydrogen-bond donors (Lipinski definition) is 1. The number of rotatable bonds is 11. The Balaban J connectivity index is 1.40. The fourth-order valence-corrected chi connectivity index (χ4v) is 6.72. The first kappa shape index (κ1) is 28.9. The predicted molar refractivity (Wildman–Crippen MR) is 144 cm³/mol. The van der Waals surface area contributed by atoms with Gasteiger partial charge < -0.3 is 15.0 Å². The second-order valence-corrected chi connectivity index (χ2v) is 12.3. The van der Waals surface area contributed by atoms with Crippen LogP contribution in [0.5, 0.6) is 0 Å². The Morgan fingerprint density at radius 2 is 1.72 bits per heavy atom. The van der Waals surface area contributed by atoms with E-state index in [1.165, 1.54) is 30.8 Å². The van der Waals surface area contributed by atoms with Crippen LogP contribution in [0.2, 0.25) is 10.0 Å². The molecule has 1 aliphatic rings. The van der Waals surface area contributed by atoms with Crippen molar-refractivity contribution in [3.63, 3.8) is 0 Å². The van der Waals surface area contributed by atoms with Gasteiger partial charge in [0.2, 0.25) is 15.9 Å². The van der Waals surface area contributed by atoms with Gasteiger partial charge in [-0.25, -0.2) is 8.42 Å². The molecule has 0 bridgehead atoms. The highest BCUT2D eigenvalue weighted by molar-refractivity contribution is 7.89. The van der Waals surface area contributed by atoms with E-state index in [0.29, 0.717) is 17.0 Å². The Hall–Kier alpha value is -1.68. The lowest BCUT2D eigenvalue weighted by atomic mass is 9.78. The van der Waals surface area contributed by atoms with E-state index in [1.807, 2.05) is 6.07 Å². The van der Waals surface area contributed by atoms with Gasteiger partial charge in [-0.15, -0.1) is 0 Å². The molecule has 0 saturated heterocycles. The van der Waals surface area contributed by atoms with Crippen LogP contribution in [0.1, 0.15) is 37.3 Å².